The zero-order chi connectivity index (χ0) is 27.9. The van der Waals surface area contributed by atoms with E-state index in [2.05, 4.69) is 6.92 Å². The number of furan rings is 1. The molecule has 3 rings (SSSR count). The number of carbonyl (C=O) groups is 2. The van der Waals surface area contributed by atoms with Crippen molar-refractivity contribution in [2.75, 3.05) is 19.7 Å². The summed E-state index contributed by atoms with van der Waals surface area (Å²) in [5.41, 5.74) is 0.819. The van der Waals surface area contributed by atoms with Gasteiger partial charge in [-0.25, -0.2) is 4.39 Å². The molecule has 1 fully saturated rings. The highest BCUT2D eigenvalue weighted by Crippen LogP contribution is 2.18. The third-order valence-corrected chi connectivity index (χ3v) is 7.40. The van der Waals surface area contributed by atoms with Crippen molar-refractivity contribution in [3.05, 3.63) is 59.3 Å². The Morgan fingerprint density at radius 2 is 1.56 bits per heavy atom. The molecule has 1 saturated heterocycles. The quantitative estimate of drug-likeness (QED) is 0.187. The SMILES string of the molecule is CCCCCCCCCCCC(=O)N(CC(=O)N(Cc1ccc(F)cc1)Cc1ccc(C)o1)CC1CCCO1. The lowest BCUT2D eigenvalue weighted by molar-refractivity contribution is -0.142. The molecule has 0 radical (unpaired) electrons. The number of nitrogens with zero attached hydrogens (tertiary/aromatic N) is 2. The normalized spacial score (nSPS) is 15.0. The molecule has 1 aromatic heterocycles. The van der Waals surface area contributed by atoms with E-state index in [1.807, 2.05) is 19.1 Å². The standard InChI is InChI=1S/C32H47FN2O4/c1-3-4-5-6-7-8-9-10-11-14-31(36)35(23-29-13-12-21-38-29)25-32(37)34(24-30-20-15-26(2)39-30)22-27-16-18-28(33)19-17-27/h15-20,29H,3-14,21-25H2,1-2H3. The van der Waals surface area contributed by atoms with E-state index in [4.69, 9.17) is 9.15 Å². The van der Waals surface area contributed by atoms with Crippen LogP contribution in [-0.2, 0) is 27.4 Å². The zero-order valence-corrected chi connectivity index (χ0v) is 24.0. The highest BCUT2D eigenvalue weighted by Gasteiger charge is 2.26. The third-order valence-electron chi connectivity index (χ3n) is 7.40. The first-order valence-corrected chi connectivity index (χ1v) is 14.9. The molecule has 2 heterocycles. The van der Waals surface area contributed by atoms with E-state index in [1.54, 1.807) is 21.9 Å². The van der Waals surface area contributed by atoms with Crippen LogP contribution in [0, 0.1) is 12.7 Å². The number of amides is 2. The minimum absolute atomic E-state index is 0.00297. The number of unbranched alkanes of at least 4 members (excludes halogenated alkanes) is 8. The maximum atomic E-state index is 13.6. The molecular weight excluding hydrogens is 495 g/mol. The van der Waals surface area contributed by atoms with Gasteiger partial charge in [-0.2, -0.15) is 0 Å². The van der Waals surface area contributed by atoms with Gasteiger partial charge in [0.1, 0.15) is 17.3 Å². The first kappa shape index (κ1) is 30.9. The van der Waals surface area contributed by atoms with E-state index in [1.165, 1.54) is 50.7 Å². The second-order valence-corrected chi connectivity index (χ2v) is 10.9. The molecule has 7 heteroatoms. The Morgan fingerprint density at radius 1 is 0.872 bits per heavy atom. The fourth-order valence-corrected chi connectivity index (χ4v) is 5.10. The van der Waals surface area contributed by atoms with Gasteiger partial charge >= 0.3 is 0 Å². The molecule has 0 bridgehead atoms. The maximum Gasteiger partial charge on any atom is 0.242 e. The summed E-state index contributed by atoms with van der Waals surface area (Å²) in [7, 11) is 0. The van der Waals surface area contributed by atoms with Crippen LogP contribution < -0.4 is 0 Å². The molecule has 0 aliphatic carbocycles. The van der Waals surface area contributed by atoms with E-state index >= 15 is 0 Å². The number of benzene rings is 1. The Morgan fingerprint density at radius 3 is 2.18 bits per heavy atom. The molecule has 1 aliphatic heterocycles. The Hall–Kier alpha value is -2.67. The minimum Gasteiger partial charge on any atom is -0.464 e. The zero-order valence-electron chi connectivity index (χ0n) is 24.0. The highest BCUT2D eigenvalue weighted by atomic mass is 19.1. The smallest absolute Gasteiger partial charge is 0.242 e. The van der Waals surface area contributed by atoms with Crippen molar-refractivity contribution in [2.45, 2.75) is 110 Å². The maximum absolute atomic E-state index is 13.6. The van der Waals surface area contributed by atoms with Gasteiger partial charge in [0, 0.05) is 26.1 Å². The first-order chi connectivity index (χ1) is 18.9. The van der Waals surface area contributed by atoms with E-state index in [9.17, 15) is 14.0 Å². The Kier molecular flexibility index (Phi) is 13.5. The molecule has 39 heavy (non-hydrogen) atoms. The lowest BCUT2D eigenvalue weighted by Crippen LogP contribution is -2.45. The highest BCUT2D eigenvalue weighted by molar-refractivity contribution is 5.85. The molecular formula is C32H47FN2O4. The van der Waals surface area contributed by atoms with Gasteiger partial charge in [0.05, 0.1) is 19.2 Å². The lowest BCUT2D eigenvalue weighted by atomic mass is 10.1. The molecule has 0 saturated carbocycles. The Labute approximate surface area is 233 Å². The van der Waals surface area contributed by atoms with Crippen molar-refractivity contribution in [2.24, 2.45) is 0 Å². The van der Waals surface area contributed by atoms with Gasteiger partial charge in [0.15, 0.2) is 0 Å². The average Bonchev–Trinajstić information content (AvgIpc) is 3.59. The van der Waals surface area contributed by atoms with Crippen molar-refractivity contribution in [3.8, 4) is 0 Å². The predicted molar refractivity (Wildman–Crippen MR) is 151 cm³/mol. The minimum atomic E-state index is -0.317. The van der Waals surface area contributed by atoms with Gasteiger partial charge in [-0.15, -0.1) is 0 Å². The molecule has 1 unspecified atom stereocenters. The van der Waals surface area contributed by atoms with Gasteiger partial charge in [-0.1, -0.05) is 70.4 Å². The fraction of sp³-hybridized carbons (Fsp3) is 0.625. The number of carbonyl (C=O) groups excluding carboxylic acids is 2. The summed E-state index contributed by atoms with van der Waals surface area (Å²) in [4.78, 5) is 30.3. The van der Waals surface area contributed by atoms with Gasteiger partial charge in [-0.3, -0.25) is 9.59 Å². The van der Waals surface area contributed by atoms with Crippen molar-refractivity contribution >= 4 is 11.8 Å². The Balaban J connectivity index is 1.58. The van der Waals surface area contributed by atoms with E-state index < -0.39 is 0 Å². The third kappa shape index (κ3) is 11.5. The second kappa shape index (κ2) is 17.1. The average molecular weight is 543 g/mol. The van der Waals surface area contributed by atoms with Crippen LogP contribution in [0.5, 0.6) is 0 Å². The van der Waals surface area contributed by atoms with Crippen LogP contribution in [0.4, 0.5) is 4.39 Å². The first-order valence-electron chi connectivity index (χ1n) is 14.9. The van der Waals surface area contributed by atoms with Crippen LogP contribution in [0.1, 0.15) is 101 Å². The van der Waals surface area contributed by atoms with E-state index in [-0.39, 0.29) is 36.8 Å². The largest absolute Gasteiger partial charge is 0.464 e. The van der Waals surface area contributed by atoms with Crippen molar-refractivity contribution in [1.29, 1.82) is 0 Å². The van der Waals surface area contributed by atoms with E-state index in [0.29, 0.717) is 31.9 Å². The molecule has 2 aromatic rings. The number of hydrogen-bond acceptors (Lipinski definition) is 4. The van der Waals surface area contributed by atoms with Crippen molar-refractivity contribution in [3.63, 3.8) is 0 Å². The molecule has 2 amide bonds. The summed E-state index contributed by atoms with van der Waals surface area (Å²) >= 11 is 0. The molecule has 0 N–H and O–H groups in total. The molecule has 1 aliphatic rings. The van der Waals surface area contributed by atoms with Crippen molar-refractivity contribution in [1.82, 2.24) is 9.80 Å². The van der Waals surface area contributed by atoms with Crippen LogP contribution in [0.2, 0.25) is 0 Å². The number of halogens is 1. The molecule has 1 aromatic carbocycles. The van der Waals surface area contributed by atoms with Gasteiger partial charge in [0.25, 0.3) is 0 Å². The van der Waals surface area contributed by atoms with E-state index in [0.717, 1.165) is 43.4 Å². The van der Waals surface area contributed by atoms with Gasteiger partial charge in [-0.05, 0) is 56.0 Å². The summed E-state index contributed by atoms with van der Waals surface area (Å²) in [6.07, 6.45) is 13.0. The predicted octanol–water partition coefficient (Wildman–Crippen LogP) is 7.18. The molecule has 6 nitrogen and oxygen atoms in total. The molecule has 0 spiro atoms. The molecule has 1 atom stereocenters. The topological polar surface area (TPSA) is 63.0 Å². The van der Waals surface area contributed by atoms with Crippen LogP contribution >= 0.6 is 0 Å². The lowest BCUT2D eigenvalue weighted by Gasteiger charge is -2.29. The number of rotatable bonds is 18. The van der Waals surface area contributed by atoms with Gasteiger partial charge in [0.2, 0.25) is 11.8 Å². The van der Waals surface area contributed by atoms with Crippen LogP contribution in [0.3, 0.4) is 0 Å². The van der Waals surface area contributed by atoms with Crippen molar-refractivity contribution < 1.29 is 23.1 Å². The molecule has 216 valence electrons. The summed E-state index contributed by atoms with van der Waals surface area (Å²) in [6.45, 7) is 5.82. The monoisotopic (exact) mass is 542 g/mol. The van der Waals surface area contributed by atoms with Gasteiger partial charge < -0.3 is 19.0 Å². The summed E-state index contributed by atoms with van der Waals surface area (Å²) in [5, 5.41) is 0. The Bertz CT molecular complexity index is 984. The van der Waals surface area contributed by atoms with Crippen LogP contribution in [0.25, 0.3) is 0 Å². The second-order valence-electron chi connectivity index (χ2n) is 10.9. The number of hydrogen-bond donors (Lipinski definition) is 0. The summed E-state index contributed by atoms with van der Waals surface area (Å²) in [6, 6.07) is 9.89. The fourth-order valence-electron chi connectivity index (χ4n) is 5.10. The number of ether oxygens (including phenoxy) is 1. The summed E-state index contributed by atoms with van der Waals surface area (Å²) < 4.78 is 25.0. The summed E-state index contributed by atoms with van der Waals surface area (Å²) in [5.74, 6) is 0.984. The number of aryl methyl sites for hydroxylation is 1. The van der Waals surface area contributed by atoms with Crippen LogP contribution in [0.15, 0.2) is 40.8 Å². The van der Waals surface area contributed by atoms with Crippen LogP contribution in [-0.4, -0.2) is 47.4 Å².